The summed E-state index contributed by atoms with van der Waals surface area (Å²) >= 11 is 6.73. The summed E-state index contributed by atoms with van der Waals surface area (Å²) in [6, 6.07) is 28.4. The van der Waals surface area contributed by atoms with E-state index in [-0.39, 0.29) is 61.2 Å². The summed E-state index contributed by atoms with van der Waals surface area (Å²) in [4.78, 5) is 59.3. The number of anilines is 2. The Morgan fingerprint density at radius 1 is 0.966 bits per heavy atom. The summed E-state index contributed by atoms with van der Waals surface area (Å²) in [5, 5.41) is 12.1. The van der Waals surface area contributed by atoms with Crippen LogP contribution in [0.25, 0.3) is 0 Å². The number of fused-ring (bicyclic) bond motifs is 3. The van der Waals surface area contributed by atoms with Gasteiger partial charge in [-0.15, -0.1) is 0 Å². The highest BCUT2D eigenvalue weighted by atomic mass is 35.5. The third-order valence-electron chi connectivity index (χ3n) is 12.8. The number of ether oxygens (including phenoxy) is 3. The molecule has 13 heteroatoms. The fraction of sp³-hybridized carbons (Fsp3) is 0.378. The minimum atomic E-state index is -2.58. The Morgan fingerprint density at radius 3 is 2.40 bits per heavy atom. The zero-order valence-corrected chi connectivity index (χ0v) is 35.1. The van der Waals surface area contributed by atoms with Crippen molar-refractivity contribution in [2.24, 2.45) is 5.92 Å². The highest BCUT2D eigenvalue weighted by Gasteiger charge is 2.66. The number of esters is 1. The molecular weight excluding hydrogens is 774 g/mol. The first-order valence-electron chi connectivity index (χ1n) is 19.8. The lowest BCUT2D eigenvalue weighted by Crippen LogP contribution is -2.54. The van der Waals surface area contributed by atoms with Crippen LogP contribution < -0.4 is 19.7 Å². The maximum atomic E-state index is 15.4. The number of carbonyl (C=O) groups is 4. The lowest BCUT2D eigenvalue weighted by Gasteiger charge is -2.39. The van der Waals surface area contributed by atoms with Gasteiger partial charge >= 0.3 is 5.97 Å². The van der Waals surface area contributed by atoms with E-state index < -0.39 is 32.0 Å². The molecule has 0 bridgehead atoms. The third-order valence-corrected chi connectivity index (χ3v) is 17.4. The van der Waals surface area contributed by atoms with E-state index in [2.05, 4.69) is 32.2 Å². The van der Waals surface area contributed by atoms with E-state index >= 15 is 4.79 Å². The van der Waals surface area contributed by atoms with Crippen molar-refractivity contribution in [3.05, 3.63) is 118 Å². The van der Waals surface area contributed by atoms with E-state index in [1.54, 1.807) is 29.0 Å². The SMILES string of the molecule is COc1ccc([Si](C)(C)[C@H]2[C@H](CC(=O)N3Cc4ccccc4C[C@H]3CO)O[C@@]3(C(=O)N(Cc4cccc(N5C(=O)CC5OC(C)=O)c4)c4ccc(Cl)cc43)[C@@H]2C)cc1. The van der Waals surface area contributed by atoms with Crippen molar-refractivity contribution in [2.45, 2.75) is 88.8 Å². The molecule has 302 valence electrons. The van der Waals surface area contributed by atoms with Gasteiger partial charge in [-0.1, -0.05) is 85.3 Å². The average Bonchev–Trinajstić information content (AvgIpc) is 3.62. The quantitative estimate of drug-likeness (QED) is 0.116. The molecule has 8 rings (SSSR count). The van der Waals surface area contributed by atoms with Crippen LogP contribution in [0.3, 0.4) is 0 Å². The zero-order chi connectivity index (χ0) is 41.1. The maximum absolute atomic E-state index is 15.4. The van der Waals surface area contributed by atoms with Crippen molar-refractivity contribution in [3.63, 3.8) is 0 Å². The molecule has 58 heavy (non-hydrogen) atoms. The topological polar surface area (TPSA) is 126 Å². The summed E-state index contributed by atoms with van der Waals surface area (Å²) in [5.74, 6) is -0.664. The number of aliphatic hydroxyl groups excluding tert-OH is 1. The number of hydrogen-bond donors (Lipinski definition) is 1. The fourth-order valence-electron chi connectivity index (χ4n) is 9.95. The maximum Gasteiger partial charge on any atom is 0.304 e. The van der Waals surface area contributed by atoms with Crippen molar-refractivity contribution in [1.29, 1.82) is 0 Å². The Bertz CT molecular complexity index is 2290. The number of hydrogen-bond acceptors (Lipinski definition) is 8. The number of nitrogens with zero attached hydrogens (tertiary/aromatic N) is 3. The summed E-state index contributed by atoms with van der Waals surface area (Å²) < 4.78 is 18.1. The van der Waals surface area contributed by atoms with Crippen molar-refractivity contribution in [1.82, 2.24) is 4.90 Å². The smallest absolute Gasteiger partial charge is 0.304 e. The Labute approximate surface area is 344 Å². The van der Waals surface area contributed by atoms with Gasteiger partial charge in [0.15, 0.2) is 11.8 Å². The van der Waals surface area contributed by atoms with Gasteiger partial charge in [-0.05, 0) is 71.1 Å². The molecule has 0 aliphatic carbocycles. The number of benzene rings is 4. The van der Waals surface area contributed by atoms with Crippen molar-refractivity contribution in [2.75, 3.05) is 23.5 Å². The van der Waals surface area contributed by atoms with E-state index in [0.29, 0.717) is 34.9 Å². The van der Waals surface area contributed by atoms with Gasteiger partial charge in [-0.2, -0.15) is 0 Å². The molecule has 4 aromatic carbocycles. The highest BCUT2D eigenvalue weighted by Crippen LogP contribution is 2.60. The Hall–Kier alpha value is -5.01. The predicted molar refractivity (Wildman–Crippen MR) is 223 cm³/mol. The number of rotatable bonds is 10. The van der Waals surface area contributed by atoms with Crippen LogP contribution in [0.1, 0.15) is 48.9 Å². The molecule has 4 aliphatic rings. The van der Waals surface area contributed by atoms with Gasteiger partial charge in [0.1, 0.15) is 5.75 Å². The Balaban J connectivity index is 1.17. The molecule has 0 saturated carbocycles. The van der Waals surface area contributed by atoms with Gasteiger partial charge < -0.3 is 29.1 Å². The molecule has 1 N–H and O–H groups in total. The van der Waals surface area contributed by atoms with Gasteiger partial charge in [-0.25, -0.2) is 0 Å². The first-order chi connectivity index (χ1) is 27.8. The van der Waals surface area contributed by atoms with Gasteiger partial charge in [0.05, 0.1) is 59.0 Å². The number of β-lactam (4-membered cyclic amide) rings is 1. The van der Waals surface area contributed by atoms with Gasteiger partial charge in [0.25, 0.3) is 5.91 Å². The summed E-state index contributed by atoms with van der Waals surface area (Å²) in [6.45, 7) is 8.30. The minimum Gasteiger partial charge on any atom is -0.497 e. The second-order valence-corrected chi connectivity index (χ2v) is 21.6. The molecular formula is C45H48ClN3O8Si. The predicted octanol–water partition coefficient (Wildman–Crippen LogP) is 6.07. The molecule has 2 fully saturated rings. The summed E-state index contributed by atoms with van der Waals surface area (Å²) in [7, 11) is -0.948. The molecule has 4 aromatic rings. The molecule has 11 nitrogen and oxygen atoms in total. The van der Waals surface area contributed by atoms with Crippen LogP contribution in [0.4, 0.5) is 11.4 Å². The number of aliphatic hydroxyl groups is 1. The van der Waals surface area contributed by atoms with E-state index in [9.17, 15) is 19.5 Å². The molecule has 4 aliphatic heterocycles. The van der Waals surface area contributed by atoms with Crippen molar-refractivity contribution < 1.29 is 38.5 Å². The second kappa shape index (κ2) is 15.3. The lowest BCUT2D eigenvalue weighted by molar-refractivity contribution is -0.154. The molecule has 2 saturated heterocycles. The fourth-order valence-corrected chi connectivity index (χ4v) is 14.1. The van der Waals surface area contributed by atoms with Crippen LogP contribution in [0.2, 0.25) is 23.7 Å². The van der Waals surface area contributed by atoms with E-state index in [1.807, 2.05) is 66.7 Å². The van der Waals surface area contributed by atoms with Crippen molar-refractivity contribution in [3.8, 4) is 5.75 Å². The van der Waals surface area contributed by atoms with Gasteiger partial charge in [0, 0.05) is 35.7 Å². The molecule has 0 aromatic heterocycles. The second-order valence-electron chi connectivity index (χ2n) is 16.4. The van der Waals surface area contributed by atoms with Gasteiger partial charge in [-0.3, -0.25) is 24.1 Å². The van der Waals surface area contributed by atoms with E-state index in [0.717, 1.165) is 27.6 Å². The highest BCUT2D eigenvalue weighted by molar-refractivity contribution is 6.91. The Kier molecular flexibility index (Phi) is 10.5. The minimum absolute atomic E-state index is 0.0284. The van der Waals surface area contributed by atoms with Crippen LogP contribution >= 0.6 is 11.6 Å². The summed E-state index contributed by atoms with van der Waals surface area (Å²) in [5.41, 5.74) is 3.15. The molecule has 1 spiro atoms. The normalized spacial score (nSPS) is 25.1. The lowest BCUT2D eigenvalue weighted by atomic mass is 9.82. The largest absolute Gasteiger partial charge is 0.497 e. The molecule has 3 amide bonds. The number of amides is 3. The molecule has 0 radical (unpaired) electrons. The number of halogens is 1. The molecule has 6 atom stereocenters. The third kappa shape index (κ3) is 6.69. The van der Waals surface area contributed by atoms with Gasteiger partial charge in [0.2, 0.25) is 11.8 Å². The van der Waals surface area contributed by atoms with Crippen LogP contribution in [-0.2, 0) is 53.8 Å². The first-order valence-corrected chi connectivity index (χ1v) is 23.2. The molecule has 4 heterocycles. The monoisotopic (exact) mass is 821 g/mol. The van der Waals surface area contributed by atoms with Crippen molar-refractivity contribution >= 4 is 59.9 Å². The van der Waals surface area contributed by atoms with Crippen LogP contribution in [0.5, 0.6) is 5.75 Å². The van der Waals surface area contributed by atoms with Crippen LogP contribution in [-0.4, -0.2) is 73.9 Å². The number of methoxy groups -OCH3 is 1. The van der Waals surface area contributed by atoms with Crippen LogP contribution in [0.15, 0.2) is 91.0 Å². The standard InChI is InChI=1S/C45H48ClN3O8Si/c1-27-43(58(4,5)36-16-14-35(55-3)15-17-36)39(22-40(52)47-25-31-11-7-6-10-30(31)20-34(47)26-50)57-45(27)37-21-32(46)13-18-38(37)48(44(45)54)24-29-9-8-12-33(19-29)49-41(53)23-42(49)56-28(2)51/h6-19,21,27,34,39,42-43,50H,20,22-26H2,1-5H3/t27-,34+,39+,42?,43-,45+/m1/s1. The molecule has 1 unspecified atom stereocenters. The Morgan fingerprint density at radius 2 is 1.71 bits per heavy atom. The number of carbonyl (C=O) groups excluding carboxylic acids is 4. The van der Waals surface area contributed by atoms with Crippen LogP contribution in [0, 0.1) is 5.92 Å². The summed E-state index contributed by atoms with van der Waals surface area (Å²) in [6.07, 6.45) is -0.642. The first kappa shape index (κ1) is 39.8. The van der Waals surface area contributed by atoms with E-state index in [4.69, 9.17) is 25.8 Å². The van der Waals surface area contributed by atoms with E-state index in [1.165, 1.54) is 11.8 Å². The zero-order valence-electron chi connectivity index (χ0n) is 33.3. The average molecular weight is 822 g/mol.